The van der Waals surface area contributed by atoms with Crippen molar-refractivity contribution in [1.29, 1.82) is 0 Å². The molecule has 0 heterocycles. The van der Waals surface area contributed by atoms with Crippen LogP contribution in [-0.2, 0) is 20.9 Å². The van der Waals surface area contributed by atoms with Crippen LogP contribution in [0.5, 0.6) is 0 Å². The minimum absolute atomic E-state index is 0.0268. The van der Waals surface area contributed by atoms with Crippen molar-refractivity contribution in [1.82, 2.24) is 10.2 Å². The van der Waals surface area contributed by atoms with Gasteiger partial charge in [-0.05, 0) is 47.6 Å². The van der Waals surface area contributed by atoms with Crippen LogP contribution in [0, 0.1) is 11.7 Å². The van der Waals surface area contributed by atoms with E-state index in [9.17, 15) is 18.8 Å². The maximum Gasteiger partial charge on any atom is 0.410 e. The molecule has 2 aromatic rings. The van der Waals surface area contributed by atoms with Crippen molar-refractivity contribution in [2.75, 3.05) is 26.3 Å². The number of hydrogen-bond donors (Lipinski definition) is 4. The summed E-state index contributed by atoms with van der Waals surface area (Å²) in [5.41, 5.74) is 7.73. The molecule has 0 saturated heterocycles. The van der Waals surface area contributed by atoms with Crippen molar-refractivity contribution in [3.8, 4) is 0 Å². The van der Waals surface area contributed by atoms with E-state index < -0.39 is 23.9 Å². The standard InChI is InChI=1S/C28H36FN3O6/c29-22-12-10-21(11-13-22)25(26(30)35)31-27(36)24-5-3-1-2-4-23(24)20-8-6-19(7-9-20)18-38-28(37)32(14-16-33)15-17-34/h6-13,23-25,33-34H,1-5,14-18H2,(H2,30,35)(H,31,36)/t23?,24-,25?/m1/s1. The highest BCUT2D eigenvalue weighted by Crippen LogP contribution is 2.37. The highest BCUT2D eigenvalue weighted by Gasteiger charge is 2.33. The Labute approximate surface area is 221 Å². The zero-order chi connectivity index (χ0) is 27.5. The number of halogens is 1. The average Bonchev–Trinajstić information content (AvgIpc) is 3.17. The molecule has 1 aliphatic rings. The number of primary amides is 1. The molecule has 0 bridgehead atoms. The predicted molar refractivity (Wildman–Crippen MR) is 138 cm³/mol. The molecule has 2 aromatic carbocycles. The second-order valence-electron chi connectivity index (χ2n) is 9.48. The van der Waals surface area contributed by atoms with E-state index in [4.69, 9.17) is 20.7 Å². The summed E-state index contributed by atoms with van der Waals surface area (Å²) in [5, 5.41) is 20.9. The van der Waals surface area contributed by atoms with E-state index in [1.54, 1.807) is 0 Å². The van der Waals surface area contributed by atoms with Crippen LogP contribution >= 0.6 is 0 Å². The summed E-state index contributed by atoms with van der Waals surface area (Å²) in [6.07, 6.45) is 3.71. The number of nitrogens with zero attached hydrogens (tertiary/aromatic N) is 1. The molecule has 0 radical (unpaired) electrons. The second kappa shape index (κ2) is 14.4. The molecule has 38 heavy (non-hydrogen) atoms. The summed E-state index contributed by atoms with van der Waals surface area (Å²) in [6.45, 7) is -0.296. The Balaban J connectivity index is 1.70. The lowest BCUT2D eigenvalue weighted by atomic mass is 9.81. The Morgan fingerprint density at radius 2 is 1.61 bits per heavy atom. The number of hydrogen-bond acceptors (Lipinski definition) is 6. The zero-order valence-corrected chi connectivity index (χ0v) is 21.4. The van der Waals surface area contributed by atoms with Gasteiger partial charge in [0, 0.05) is 19.0 Å². The molecule has 1 fully saturated rings. The third-order valence-corrected chi connectivity index (χ3v) is 6.90. The van der Waals surface area contributed by atoms with Gasteiger partial charge < -0.3 is 30.9 Å². The molecule has 0 aliphatic heterocycles. The molecule has 2 unspecified atom stereocenters. The highest BCUT2D eigenvalue weighted by atomic mass is 19.1. The van der Waals surface area contributed by atoms with Gasteiger partial charge in [-0.15, -0.1) is 0 Å². The van der Waals surface area contributed by atoms with Gasteiger partial charge in [0.15, 0.2) is 0 Å². The number of aliphatic hydroxyl groups excluding tert-OH is 2. The molecule has 5 N–H and O–H groups in total. The van der Waals surface area contributed by atoms with Gasteiger partial charge in [-0.2, -0.15) is 0 Å². The normalized spacial score (nSPS) is 18.2. The van der Waals surface area contributed by atoms with Crippen molar-refractivity contribution in [3.05, 3.63) is 71.0 Å². The van der Waals surface area contributed by atoms with Gasteiger partial charge in [0.05, 0.1) is 13.2 Å². The Bertz CT molecular complexity index is 1060. The smallest absolute Gasteiger partial charge is 0.410 e. The molecular weight excluding hydrogens is 493 g/mol. The zero-order valence-electron chi connectivity index (χ0n) is 21.4. The van der Waals surface area contributed by atoms with Crippen molar-refractivity contribution in [3.63, 3.8) is 0 Å². The first kappa shape index (κ1) is 29.1. The Morgan fingerprint density at radius 1 is 0.974 bits per heavy atom. The van der Waals surface area contributed by atoms with Gasteiger partial charge in [0.1, 0.15) is 18.5 Å². The SMILES string of the molecule is NC(=O)C(NC(=O)[C@@H]1CCCCCC1c1ccc(COC(=O)N(CCO)CCO)cc1)c1ccc(F)cc1. The minimum atomic E-state index is -1.06. The van der Waals surface area contributed by atoms with Crippen molar-refractivity contribution in [2.24, 2.45) is 11.7 Å². The largest absolute Gasteiger partial charge is 0.445 e. The van der Waals surface area contributed by atoms with E-state index in [-0.39, 0.29) is 50.7 Å². The molecule has 0 spiro atoms. The number of carbonyl (C=O) groups excluding carboxylic acids is 3. The average molecular weight is 530 g/mol. The van der Waals surface area contributed by atoms with Gasteiger partial charge in [-0.1, -0.05) is 55.7 Å². The van der Waals surface area contributed by atoms with Crippen LogP contribution in [0.25, 0.3) is 0 Å². The van der Waals surface area contributed by atoms with Crippen LogP contribution < -0.4 is 11.1 Å². The van der Waals surface area contributed by atoms with Gasteiger partial charge in [0.2, 0.25) is 11.8 Å². The monoisotopic (exact) mass is 529 g/mol. The fourth-order valence-corrected chi connectivity index (χ4v) is 4.88. The first-order valence-electron chi connectivity index (χ1n) is 12.9. The number of benzene rings is 2. The third-order valence-electron chi connectivity index (χ3n) is 6.90. The predicted octanol–water partition coefficient (Wildman–Crippen LogP) is 2.76. The van der Waals surface area contributed by atoms with Crippen LogP contribution in [0.15, 0.2) is 48.5 Å². The molecule has 3 amide bonds. The number of carbonyl (C=O) groups is 3. The van der Waals surface area contributed by atoms with Crippen LogP contribution in [0.1, 0.15) is 60.8 Å². The summed E-state index contributed by atoms with van der Waals surface area (Å²) in [6, 6.07) is 11.8. The molecule has 9 nitrogen and oxygen atoms in total. The van der Waals surface area contributed by atoms with E-state index in [1.807, 2.05) is 24.3 Å². The van der Waals surface area contributed by atoms with Crippen LogP contribution in [0.2, 0.25) is 0 Å². The lowest BCUT2D eigenvalue weighted by Crippen LogP contribution is -2.41. The summed E-state index contributed by atoms with van der Waals surface area (Å²) in [5.74, 6) is -1.87. The molecular formula is C28H36FN3O6. The lowest BCUT2D eigenvalue weighted by molar-refractivity contribution is -0.130. The Morgan fingerprint density at radius 3 is 2.21 bits per heavy atom. The molecule has 1 saturated carbocycles. The molecule has 10 heteroatoms. The minimum Gasteiger partial charge on any atom is -0.445 e. The molecule has 0 aromatic heterocycles. The molecule has 3 rings (SSSR count). The van der Waals surface area contributed by atoms with Crippen molar-refractivity contribution >= 4 is 17.9 Å². The van der Waals surface area contributed by atoms with Crippen LogP contribution in [-0.4, -0.2) is 59.3 Å². The Hall–Kier alpha value is -3.50. The topological polar surface area (TPSA) is 142 Å². The van der Waals surface area contributed by atoms with Crippen molar-refractivity contribution < 1.29 is 33.7 Å². The molecule has 1 aliphatic carbocycles. The van der Waals surface area contributed by atoms with E-state index in [1.165, 1.54) is 29.2 Å². The summed E-state index contributed by atoms with van der Waals surface area (Å²) >= 11 is 0. The quantitative estimate of drug-likeness (QED) is 0.330. The third kappa shape index (κ3) is 8.00. The van der Waals surface area contributed by atoms with E-state index >= 15 is 0 Å². The number of nitrogens with one attached hydrogen (secondary N) is 1. The number of aliphatic hydroxyl groups is 2. The lowest BCUT2D eigenvalue weighted by Gasteiger charge is -2.27. The first-order chi connectivity index (χ1) is 18.3. The molecule has 3 atom stereocenters. The first-order valence-corrected chi connectivity index (χ1v) is 12.9. The summed E-state index contributed by atoms with van der Waals surface area (Å²) in [4.78, 5) is 39.0. The second-order valence-corrected chi connectivity index (χ2v) is 9.48. The Kier molecular flexibility index (Phi) is 11.0. The maximum atomic E-state index is 13.4. The van der Waals surface area contributed by atoms with Gasteiger partial charge >= 0.3 is 6.09 Å². The number of rotatable bonds is 11. The molecule has 206 valence electrons. The number of ether oxygens (including phenoxy) is 1. The van der Waals surface area contributed by atoms with Gasteiger partial charge in [-0.25, -0.2) is 9.18 Å². The maximum absolute atomic E-state index is 13.4. The van der Waals surface area contributed by atoms with E-state index in [0.717, 1.165) is 36.8 Å². The van der Waals surface area contributed by atoms with Gasteiger partial charge in [-0.3, -0.25) is 9.59 Å². The van der Waals surface area contributed by atoms with Crippen molar-refractivity contribution in [2.45, 2.75) is 50.7 Å². The summed E-state index contributed by atoms with van der Waals surface area (Å²) < 4.78 is 18.7. The highest BCUT2D eigenvalue weighted by molar-refractivity contribution is 5.89. The fourth-order valence-electron chi connectivity index (χ4n) is 4.88. The van der Waals surface area contributed by atoms with Crippen LogP contribution in [0.3, 0.4) is 0 Å². The van der Waals surface area contributed by atoms with E-state index in [2.05, 4.69) is 5.32 Å². The summed E-state index contributed by atoms with van der Waals surface area (Å²) in [7, 11) is 0. The number of amides is 3. The number of nitrogens with two attached hydrogens (primary N) is 1. The van der Waals surface area contributed by atoms with Crippen LogP contribution in [0.4, 0.5) is 9.18 Å². The van der Waals surface area contributed by atoms with Gasteiger partial charge in [0.25, 0.3) is 0 Å². The fraction of sp³-hybridized carbons (Fsp3) is 0.464. The van der Waals surface area contributed by atoms with E-state index in [0.29, 0.717) is 12.0 Å².